The molecule has 1 aromatic rings. The summed E-state index contributed by atoms with van der Waals surface area (Å²) in [5.41, 5.74) is 2.45. The minimum absolute atomic E-state index is 0.00962. The molecule has 0 saturated carbocycles. The van der Waals surface area contributed by atoms with Crippen molar-refractivity contribution in [3.05, 3.63) is 41.2 Å². The van der Waals surface area contributed by atoms with Crippen molar-refractivity contribution in [2.45, 2.75) is 45.1 Å². The van der Waals surface area contributed by atoms with Crippen molar-refractivity contribution in [2.75, 3.05) is 14.2 Å². The summed E-state index contributed by atoms with van der Waals surface area (Å²) in [5.74, 6) is -1.62. The Hall–Kier alpha value is -2.96. The molecule has 3 rings (SSSR count). The van der Waals surface area contributed by atoms with Gasteiger partial charge in [-0.2, -0.15) is 0 Å². The van der Waals surface area contributed by atoms with E-state index in [9.17, 15) is 14.7 Å². The van der Waals surface area contributed by atoms with Gasteiger partial charge in [-0.15, -0.1) is 0 Å². The number of phenols is 1. The lowest BCUT2D eigenvalue weighted by Gasteiger charge is -2.38. The van der Waals surface area contributed by atoms with Crippen molar-refractivity contribution in [3.8, 4) is 17.2 Å². The maximum Gasteiger partial charge on any atom is 0.316 e. The minimum atomic E-state index is -0.794. The molecule has 0 radical (unpaired) electrons. The average Bonchev–Trinajstić information content (AvgIpc) is 2.66. The normalized spacial score (nSPS) is 21.6. The van der Waals surface area contributed by atoms with Crippen molar-refractivity contribution in [3.63, 3.8) is 0 Å². The van der Waals surface area contributed by atoms with E-state index in [1.54, 1.807) is 26.0 Å². The molecule has 1 aliphatic heterocycles. The third-order valence-corrected chi connectivity index (χ3v) is 5.25. The summed E-state index contributed by atoms with van der Waals surface area (Å²) in [7, 11) is 2.86. The van der Waals surface area contributed by atoms with E-state index >= 15 is 0 Å². The third-order valence-electron chi connectivity index (χ3n) is 5.25. The topological polar surface area (TPSA) is 94.1 Å². The molecule has 7 nitrogen and oxygen atoms in total. The maximum atomic E-state index is 13.0. The molecule has 0 amide bonds. The van der Waals surface area contributed by atoms with E-state index in [0.29, 0.717) is 29.7 Å². The maximum absolute atomic E-state index is 13.0. The van der Waals surface area contributed by atoms with Crippen molar-refractivity contribution in [2.24, 2.45) is 5.92 Å². The molecule has 2 N–H and O–H groups in total. The fraction of sp³-hybridized carbons (Fsp3) is 0.455. The van der Waals surface area contributed by atoms with Crippen LogP contribution in [-0.4, -0.2) is 37.2 Å². The Balaban J connectivity index is 2.21. The molecule has 0 aromatic heterocycles. The number of ketones is 1. The van der Waals surface area contributed by atoms with Crippen LogP contribution < -0.4 is 14.8 Å². The van der Waals surface area contributed by atoms with Crippen LogP contribution in [0.4, 0.5) is 0 Å². The zero-order chi connectivity index (χ0) is 21.3. The van der Waals surface area contributed by atoms with Crippen LogP contribution in [0.5, 0.6) is 17.2 Å². The standard InChI is InChI=1S/C22H27NO6/c1-11(2)29-22(26)18-12(3)23-14-7-6-8-15(24)20(14)19(18)13-9-16(27-4)21(25)17(10-13)28-5/h9-11,18-19,23,25H,3,6-8H2,1-2,4-5H3. The highest BCUT2D eigenvalue weighted by Crippen LogP contribution is 2.48. The number of nitrogens with one attached hydrogen (secondary N) is 1. The summed E-state index contributed by atoms with van der Waals surface area (Å²) < 4.78 is 16.0. The molecule has 29 heavy (non-hydrogen) atoms. The van der Waals surface area contributed by atoms with Gasteiger partial charge in [-0.3, -0.25) is 9.59 Å². The fourth-order valence-corrected chi connectivity index (χ4v) is 4.03. The number of aromatic hydroxyl groups is 1. The second-order valence-corrected chi connectivity index (χ2v) is 7.53. The van der Waals surface area contributed by atoms with Crippen LogP contribution in [0.2, 0.25) is 0 Å². The van der Waals surface area contributed by atoms with Crippen LogP contribution in [0.1, 0.15) is 44.6 Å². The number of allylic oxidation sites excluding steroid dienone is 2. The first-order chi connectivity index (χ1) is 13.8. The number of rotatable bonds is 5. The first-order valence-electron chi connectivity index (χ1n) is 9.65. The highest BCUT2D eigenvalue weighted by molar-refractivity contribution is 6.00. The second kappa shape index (κ2) is 8.19. The average molecular weight is 401 g/mol. The largest absolute Gasteiger partial charge is 0.502 e. The number of hydrogen-bond donors (Lipinski definition) is 2. The summed E-state index contributed by atoms with van der Waals surface area (Å²) in [6.45, 7) is 7.59. The van der Waals surface area contributed by atoms with Gasteiger partial charge in [0.1, 0.15) is 5.92 Å². The van der Waals surface area contributed by atoms with Gasteiger partial charge in [0.2, 0.25) is 5.75 Å². The summed E-state index contributed by atoms with van der Waals surface area (Å²) in [6.07, 6.45) is 1.56. The van der Waals surface area contributed by atoms with Gasteiger partial charge in [0.25, 0.3) is 0 Å². The molecule has 1 aliphatic carbocycles. The van der Waals surface area contributed by atoms with Crippen molar-refractivity contribution < 1.29 is 28.9 Å². The van der Waals surface area contributed by atoms with Gasteiger partial charge in [-0.25, -0.2) is 0 Å². The molecule has 2 unspecified atom stereocenters. The predicted octanol–water partition coefficient (Wildman–Crippen LogP) is 3.18. The smallest absolute Gasteiger partial charge is 0.316 e. The van der Waals surface area contributed by atoms with Gasteiger partial charge in [0.05, 0.1) is 20.3 Å². The van der Waals surface area contributed by atoms with E-state index in [1.165, 1.54) is 14.2 Å². The Morgan fingerprint density at radius 2 is 1.83 bits per heavy atom. The number of ether oxygens (including phenoxy) is 3. The van der Waals surface area contributed by atoms with E-state index in [2.05, 4.69) is 11.9 Å². The molecule has 2 aliphatic rings. The number of carbonyl (C=O) groups excluding carboxylic acids is 2. The summed E-state index contributed by atoms with van der Waals surface area (Å²) >= 11 is 0. The Morgan fingerprint density at radius 3 is 2.38 bits per heavy atom. The number of phenolic OH excluding ortho intramolecular Hbond substituents is 1. The van der Waals surface area contributed by atoms with Gasteiger partial charge >= 0.3 is 5.97 Å². The van der Waals surface area contributed by atoms with E-state index < -0.39 is 17.8 Å². The molecule has 1 aromatic carbocycles. The van der Waals surface area contributed by atoms with Gasteiger partial charge in [0, 0.05) is 29.3 Å². The molecule has 0 fully saturated rings. The zero-order valence-electron chi connectivity index (χ0n) is 17.2. The zero-order valence-corrected chi connectivity index (χ0v) is 17.2. The van der Waals surface area contributed by atoms with Crippen LogP contribution >= 0.6 is 0 Å². The Labute approximate surface area is 170 Å². The second-order valence-electron chi connectivity index (χ2n) is 7.53. The molecule has 7 heteroatoms. The van der Waals surface area contributed by atoms with E-state index in [4.69, 9.17) is 14.2 Å². The molecule has 156 valence electrons. The summed E-state index contributed by atoms with van der Waals surface area (Å²) in [6, 6.07) is 3.26. The van der Waals surface area contributed by atoms with E-state index in [-0.39, 0.29) is 29.1 Å². The Morgan fingerprint density at radius 1 is 1.21 bits per heavy atom. The number of methoxy groups -OCH3 is 2. The summed E-state index contributed by atoms with van der Waals surface area (Å²) in [5, 5.41) is 13.5. The third kappa shape index (κ3) is 3.81. The van der Waals surface area contributed by atoms with Crippen LogP contribution in [0.15, 0.2) is 35.7 Å². The van der Waals surface area contributed by atoms with Crippen LogP contribution in [0.3, 0.4) is 0 Å². The lowest BCUT2D eigenvalue weighted by molar-refractivity contribution is -0.151. The lowest BCUT2D eigenvalue weighted by Crippen LogP contribution is -2.41. The molecule has 0 saturated heterocycles. The van der Waals surface area contributed by atoms with Gasteiger partial charge in [0.15, 0.2) is 17.3 Å². The number of carbonyl (C=O) groups is 2. The number of esters is 1. The Bertz CT molecular complexity index is 860. The van der Waals surface area contributed by atoms with Crippen molar-refractivity contribution in [1.82, 2.24) is 5.32 Å². The highest BCUT2D eigenvalue weighted by atomic mass is 16.5. The number of benzene rings is 1. The molecular formula is C22H27NO6. The van der Waals surface area contributed by atoms with Gasteiger partial charge < -0.3 is 24.6 Å². The first kappa shape index (κ1) is 20.8. The van der Waals surface area contributed by atoms with Gasteiger partial charge in [-0.05, 0) is 44.4 Å². The van der Waals surface area contributed by atoms with E-state index in [0.717, 1.165) is 12.1 Å². The highest BCUT2D eigenvalue weighted by Gasteiger charge is 2.44. The lowest BCUT2D eigenvalue weighted by atomic mass is 9.71. The van der Waals surface area contributed by atoms with Crippen LogP contribution in [0, 0.1) is 5.92 Å². The van der Waals surface area contributed by atoms with Gasteiger partial charge in [-0.1, -0.05) is 6.58 Å². The van der Waals surface area contributed by atoms with Crippen molar-refractivity contribution >= 4 is 11.8 Å². The van der Waals surface area contributed by atoms with Crippen LogP contribution in [0.25, 0.3) is 0 Å². The van der Waals surface area contributed by atoms with Crippen molar-refractivity contribution in [1.29, 1.82) is 0 Å². The predicted molar refractivity (Wildman–Crippen MR) is 107 cm³/mol. The fourth-order valence-electron chi connectivity index (χ4n) is 4.03. The van der Waals surface area contributed by atoms with Crippen LogP contribution in [-0.2, 0) is 14.3 Å². The van der Waals surface area contributed by atoms with E-state index in [1.807, 2.05) is 0 Å². The quantitative estimate of drug-likeness (QED) is 0.732. The SMILES string of the molecule is C=C1NC2=C(C(=O)CCC2)C(c2cc(OC)c(O)c(OC)c2)C1C(=O)OC(C)C. The Kier molecular flexibility index (Phi) is 5.86. The number of Topliss-reactive ketones (excluding diaryl/α,β-unsaturated/α-hetero) is 1. The summed E-state index contributed by atoms with van der Waals surface area (Å²) in [4.78, 5) is 25.9. The molecule has 2 atom stereocenters. The first-order valence-corrected chi connectivity index (χ1v) is 9.65. The molecular weight excluding hydrogens is 374 g/mol. The monoisotopic (exact) mass is 401 g/mol. The number of hydrogen-bond acceptors (Lipinski definition) is 7. The molecule has 0 bridgehead atoms. The minimum Gasteiger partial charge on any atom is -0.502 e. The molecule has 0 spiro atoms. The molecule has 1 heterocycles.